The van der Waals surface area contributed by atoms with Crippen molar-refractivity contribution in [3.8, 4) is 6.07 Å². The van der Waals surface area contributed by atoms with E-state index in [4.69, 9.17) is 5.26 Å². The summed E-state index contributed by atoms with van der Waals surface area (Å²) < 4.78 is 40.9. The zero-order valence-corrected chi connectivity index (χ0v) is 18.4. The highest BCUT2D eigenvalue weighted by atomic mass is 32.2. The van der Waals surface area contributed by atoms with Gasteiger partial charge in [-0.25, -0.2) is 12.8 Å². The van der Waals surface area contributed by atoms with Gasteiger partial charge < -0.3 is 10.2 Å². The molecule has 3 aromatic rings. The van der Waals surface area contributed by atoms with Gasteiger partial charge in [-0.05, 0) is 60.7 Å². The second kappa shape index (κ2) is 9.40. The zero-order chi connectivity index (χ0) is 23.4. The summed E-state index contributed by atoms with van der Waals surface area (Å²) in [5.74, 6) is -0.787. The summed E-state index contributed by atoms with van der Waals surface area (Å²) in [5, 5.41) is 11.7. The molecule has 168 valence electrons. The molecule has 3 aromatic carbocycles. The Balaban J connectivity index is 1.46. The predicted molar refractivity (Wildman–Crippen MR) is 123 cm³/mol. The highest BCUT2D eigenvalue weighted by molar-refractivity contribution is 7.89. The number of amides is 1. The van der Waals surface area contributed by atoms with Crippen LogP contribution in [0.3, 0.4) is 0 Å². The Labute approximate surface area is 191 Å². The molecular weight excluding hydrogens is 443 g/mol. The fourth-order valence-electron chi connectivity index (χ4n) is 3.66. The number of halogens is 1. The fraction of sp³-hybridized carbons (Fsp3) is 0.167. The van der Waals surface area contributed by atoms with Crippen molar-refractivity contribution in [1.29, 1.82) is 5.26 Å². The molecule has 1 saturated heterocycles. The third kappa shape index (κ3) is 5.03. The third-order valence-electron chi connectivity index (χ3n) is 5.41. The fourth-order valence-corrected chi connectivity index (χ4v) is 5.12. The molecule has 0 spiro atoms. The minimum atomic E-state index is -3.79. The van der Waals surface area contributed by atoms with Gasteiger partial charge in [0.25, 0.3) is 5.91 Å². The van der Waals surface area contributed by atoms with Gasteiger partial charge in [-0.15, -0.1) is 0 Å². The number of nitrogens with zero attached hydrogens (tertiary/aromatic N) is 3. The van der Waals surface area contributed by atoms with E-state index in [-0.39, 0.29) is 29.4 Å². The number of hydrogen-bond acceptors (Lipinski definition) is 5. The van der Waals surface area contributed by atoms with Crippen LogP contribution in [0.25, 0.3) is 0 Å². The smallest absolute Gasteiger partial charge is 0.255 e. The Bertz CT molecular complexity index is 1310. The van der Waals surface area contributed by atoms with Crippen LogP contribution < -0.4 is 10.2 Å². The van der Waals surface area contributed by atoms with Crippen molar-refractivity contribution < 1.29 is 17.6 Å². The molecule has 0 unspecified atom stereocenters. The molecule has 4 rings (SSSR count). The molecule has 1 N–H and O–H groups in total. The van der Waals surface area contributed by atoms with Crippen LogP contribution in [0, 0.1) is 17.1 Å². The Morgan fingerprint density at radius 1 is 0.939 bits per heavy atom. The highest BCUT2D eigenvalue weighted by Gasteiger charge is 2.29. The average Bonchev–Trinajstić information content (AvgIpc) is 2.85. The summed E-state index contributed by atoms with van der Waals surface area (Å²) in [4.78, 5) is 14.7. The molecule has 33 heavy (non-hydrogen) atoms. The maximum absolute atomic E-state index is 13.2. The van der Waals surface area contributed by atoms with Crippen molar-refractivity contribution in [2.75, 3.05) is 36.4 Å². The van der Waals surface area contributed by atoms with Crippen LogP contribution in [0.15, 0.2) is 77.7 Å². The Hall–Kier alpha value is -3.74. The lowest BCUT2D eigenvalue weighted by molar-refractivity contribution is 0.102. The van der Waals surface area contributed by atoms with Gasteiger partial charge in [0.1, 0.15) is 5.82 Å². The monoisotopic (exact) mass is 464 g/mol. The van der Waals surface area contributed by atoms with Gasteiger partial charge in [-0.1, -0.05) is 12.1 Å². The van der Waals surface area contributed by atoms with Crippen LogP contribution in [0.4, 0.5) is 15.8 Å². The third-order valence-corrected chi connectivity index (χ3v) is 7.31. The highest BCUT2D eigenvalue weighted by Crippen LogP contribution is 2.22. The van der Waals surface area contributed by atoms with Crippen LogP contribution in [0.2, 0.25) is 0 Å². The zero-order valence-electron chi connectivity index (χ0n) is 17.6. The lowest BCUT2D eigenvalue weighted by Crippen LogP contribution is -2.48. The van der Waals surface area contributed by atoms with Crippen LogP contribution in [-0.2, 0) is 10.0 Å². The number of hydrogen-bond donors (Lipinski definition) is 1. The van der Waals surface area contributed by atoms with Crippen LogP contribution in [0.5, 0.6) is 0 Å². The van der Waals surface area contributed by atoms with Crippen LogP contribution in [0.1, 0.15) is 15.9 Å². The second-order valence-corrected chi connectivity index (χ2v) is 9.48. The number of piperazine rings is 1. The van der Waals surface area contributed by atoms with E-state index in [1.807, 2.05) is 11.0 Å². The van der Waals surface area contributed by atoms with E-state index in [1.54, 1.807) is 36.4 Å². The average molecular weight is 465 g/mol. The number of anilines is 2. The van der Waals surface area contributed by atoms with Gasteiger partial charge in [0.05, 0.1) is 16.5 Å². The summed E-state index contributed by atoms with van der Waals surface area (Å²) >= 11 is 0. The summed E-state index contributed by atoms with van der Waals surface area (Å²) in [6.45, 7) is 1.49. The molecule has 1 aliphatic heterocycles. The number of rotatable bonds is 5. The first kappa shape index (κ1) is 22.5. The molecular formula is C24H21FN4O3S. The van der Waals surface area contributed by atoms with Gasteiger partial charge >= 0.3 is 0 Å². The van der Waals surface area contributed by atoms with E-state index in [1.165, 1.54) is 40.7 Å². The number of carbonyl (C=O) groups is 1. The molecule has 1 heterocycles. The second-order valence-electron chi connectivity index (χ2n) is 7.54. The van der Waals surface area contributed by atoms with Gasteiger partial charge in [0.15, 0.2) is 0 Å². The van der Waals surface area contributed by atoms with Gasteiger partial charge in [-0.3, -0.25) is 4.79 Å². The summed E-state index contributed by atoms with van der Waals surface area (Å²) in [6, 6.07) is 20.5. The number of benzene rings is 3. The predicted octanol–water partition coefficient (Wildman–Crippen LogP) is 3.46. The van der Waals surface area contributed by atoms with Crippen molar-refractivity contribution in [3.05, 3.63) is 89.7 Å². The molecule has 0 saturated carbocycles. The Morgan fingerprint density at radius 2 is 1.64 bits per heavy atom. The maximum atomic E-state index is 13.2. The van der Waals surface area contributed by atoms with Crippen molar-refractivity contribution in [2.45, 2.75) is 4.90 Å². The van der Waals surface area contributed by atoms with Gasteiger partial charge in [0, 0.05) is 43.1 Å². The first-order valence-electron chi connectivity index (χ1n) is 10.3. The first-order chi connectivity index (χ1) is 15.9. The quantitative estimate of drug-likeness (QED) is 0.624. The molecule has 7 nitrogen and oxygen atoms in total. The van der Waals surface area contributed by atoms with E-state index in [0.717, 1.165) is 5.69 Å². The minimum Gasteiger partial charge on any atom is -0.369 e. The van der Waals surface area contributed by atoms with Crippen molar-refractivity contribution in [1.82, 2.24) is 4.31 Å². The number of sulfonamides is 1. The molecule has 0 bridgehead atoms. The molecule has 0 radical (unpaired) electrons. The summed E-state index contributed by atoms with van der Waals surface area (Å²) in [6.07, 6.45) is 0. The largest absolute Gasteiger partial charge is 0.369 e. The molecule has 0 aromatic heterocycles. The van der Waals surface area contributed by atoms with Crippen LogP contribution in [-0.4, -0.2) is 44.8 Å². The molecule has 0 atom stereocenters. The van der Waals surface area contributed by atoms with Crippen molar-refractivity contribution >= 4 is 27.3 Å². The van der Waals surface area contributed by atoms with Gasteiger partial charge in [-0.2, -0.15) is 9.57 Å². The van der Waals surface area contributed by atoms with E-state index >= 15 is 0 Å². The summed E-state index contributed by atoms with van der Waals surface area (Å²) in [5.41, 5.74) is 1.89. The van der Waals surface area contributed by atoms with E-state index < -0.39 is 15.9 Å². The normalized spacial score (nSPS) is 14.5. The number of carbonyl (C=O) groups excluding carboxylic acids is 1. The maximum Gasteiger partial charge on any atom is 0.255 e. The molecule has 1 aliphatic rings. The number of nitriles is 1. The van der Waals surface area contributed by atoms with Gasteiger partial charge in [0.2, 0.25) is 10.0 Å². The summed E-state index contributed by atoms with van der Waals surface area (Å²) in [7, 11) is -3.79. The number of nitrogens with one attached hydrogen (secondary N) is 1. The van der Waals surface area contributed by atoms with Crippen molar-refractivity contribution in [2.24, 2.45) is 0 Å². The SMILES string of the molecule is N#Cc1cccc(NC(=O)c2cccc(S(=O)(=O)N3CCN(c4ccc(F)cc4)CC3)c2)c1. The standard InChI is InChI=1S/C24H21FN4O3S/c25-20-7-9-22(10-8-20)28-11-13-29(14-12-28)33(31,32)23-6-2-4-19(16-23)24(30)27-21-5-1-3-18(15-21)17-26/h1-10,15-16H,11-14H2,(H,27,30). The van der Waals surface area contributed by atoms with E-state index in [0.29, 0.717) is 24.3 Å². The van der Waals surface area contributed by atoms with E-state index in [2.05, 4.69) is 5.32 Å². The lowest BCUT2D eigenvalue weighted by atomic mass is 10.2. The first-order valence-corrected chi connectivity index (χ1v) is 11.7. The molecule has 9 heteroatoms. The topological polar surface area (TPSA) is 93.5 Å². The minimum absolute atomic E-state index is 0.0381. The lowest BCUT2D eigenvalue weighted by Gasteiger charge is -2.35. The molecule has 1 amide bonds. The Morgan fingerprint density at radius 3 is 2.33 bits per heavy atom. The van der Waals surface area contributed by atoms with E-state index in [9.17, 15) is 17.6 Å². The molecule has 1 fully saturated rings. The Kier molecular flexibility index (Phi) is 6.40. The molecule has 0 aliphatic carbocycles. The van der Waals surface area contributed by atoms with Crippen LogP contribution >= 0.6 is 0 Å². The van der Waals surface area contributed by atoms with Crippen molar-refractivity contribution in [3.63, 3.8) is 0 Å².